The van der Waals surface area contributed by atoms with E-state index in [1.165, 1.54) is 11.1 Å². The molecule has 3 aromatic heterocycles. The summed E-state index contributed by atoms with van der Waals surface area (Å²) in [4.78, 5) is 23.6. The second kappa shape index (κ2) is 9.24. The van der Waals surface area contributed by atoms with Gasteiger partial charge in [-0.25, -0.2) is 9.97 Å². The van der Waals surface area contributed by atoms with Crippen molar-refractivity contribution in [3.63, 3.8) is 0 Å². The molecule has 11 heteroatoms. The summed E-state index contributed by atoms with van der Waals surface area (Å²) in [7, 11) is 1.79. The van der Waals surface area contributed by atoms with Gasteiger partial charge in [0.15, 0.2) is 5.76 Å². The molecule has 4 heterocycles. The maximum absolute atomic E-state index is 13.4. The van der Waals surface area contributed by atoms with E-state index in [2.05, 4.69) is 20.4 Å². The van der Waals surface area contributed by atoms with E-state index >= 15 is 0 Å². The lowest BCUT2D eigenvalue weighted by Crippen LogP contribution is -2.51. The van der Waals surface area contributed by atoms with Gasteiger partial charge in [-0.2, -0.15) is 5.10 Å². The van der Waals surface area contributed by atoms with Crippen molar-refractivity contribution in [1.82, 2.24) is 24.6 Å². The van der Waals surface area contributed by atoms with E-state index in [1.807, 2.05) is 26.0 Å². The predicted octanol–water partition coefficient (Wildman–Crippen LogP) is 4.82. The van der Waals surface area contributed by atoms with E-state index in [0.29, 0.717) is 39.6 Å². The molecule has 36 heavy (non-hydrogen) atoms. The largest absolute Gasteiger partial charge is 0.458 e. The van der Waals surface area contributed by atoms with Gasteiger partial charge in [0.05, 0.1) is 23.0 Å². The van der Waals surface area contributed by atoms with Crippen LogP contribution in [0.25, 0.3) is 11.5 Å². The number of aliphatic hydroxyl groups is 1. The molecule has 1 aliphatic heterocycles. The number of carbonyl (C=O) groups excluding carboxylic acids is 1. The van der Waals surface area contributed by atoms with Crippen LogP contribution in [0.4, 0.5) is 11.8 Å². The number of aliphatic hydroxyl groups excluding tert-OH is 1. The van der Waals surface area contributed by atoms with Crippen molar-refractivity contribution in [1.29, 1.82) is 0 Å². The number of hydrogen-bond acceptors (Lipinski definition) is 7. The number of halogens is 2. The highest BCUT2D eigenvalue weighted by molar-refractivity contribution is 6.32. The van der Waals surface area contributed by atoms with E-state index < -0.39 is 11.6 Å². The third-order valence-electron chi connectivity index (χ3n) is 6.11. The summed E-state index contributed by atoms with van der Waals surface area (Å²) in [5, 5.41) is 19.0. The molecule has 5 rings (SSSR count). The summed E-state index contributed by atoms with van der Waals surface area (Å²) in [6.07, 6.45) is 2.35. The highest BCUT2D eigenvalue weighted by Crippen LogP contribution is 2.40. The Morgan fingerprint density at radius 3 is 2.78 bits per heavy atom. The van der Waals surface area contributed by atoms with E-state index in [9.17, 15) is 9.90 Å². The number of benzene rings is 1. The van der Waals surface area contributed by atoms with Crippen molar-refractivity contribution in [2.24, 2.45) is 7.05 Å². The second-order valence-electron chi connectivity index (χ2n) is 9.34. The maximum atomic E-state index is 13.4. The van der Waals surface area contributed by atoms with Gasteiger partial charge in [0, 0.05) is 36.5 Å². The van der Waals surface area contributed by atoms with Gasteiger partial charge >= 0.3 is 0 Å². The number of carbonyl (C=O) groups is 1. The standard InChI is InChI=1S/C25H24Cl2N6O3/c1-25(2)13-33(20(34)10-14-5-4-6-15(26)9-14)23(35)16-11-18(36-22(16)25)21-17(27)12-28-24(31-21)30-19-7-8-29-32(19)3/h4-9,11-12,20,34H,10,13H2,1-3H3,(H,28,30,31)/t20-/m0/s1. The molecule has 1 amide bonds. The fraction of sp³-hybridized carbons (Fsp3) is 0.280. The van der Waals surface area contributed by atoms with Gasteiger partial charge in [-0.15, -0.1) is 0 Å². The number of nitrogens with one attached hydrogen (secondary N) is 1. The minimum Gasteiger partial charge on any atom is -0.458 e. The van der Waals surface area contributed by atoms with Gasteiger partial charge < -0.3 is 19.7 Å². The summed E-state index contributed by atoms with van der Waals surface area (Å²) < 4.78 is 7.81. The summed E-state index contributed by atoms with van der Waals surface area (Å²) in [5.74, 6) is 1.53. The zero-order valence-corrected chi connectivity index (χ0v) is 21.4. The summed E-state index contributed by atoms with van der Waals surface area (Å²) in [6.45, 7) is 4.20. The number of aryl methyl sites for hydroxylation is 1. The number of amides is 1. The van der Waals surface area contributed by atoms with Gasteiger partial charge in [0.2, 0.25) is 5.95 Å². The van der Waals surface area contributed by atoms with Gasteiger partial charge in [0.25, 0.3) is 5.91 Å². The normalized spacial score (nSPS) is 15.6. The lowest BCUT2D eigenvalue weighted by molar-refractivity contribution is -0.00584. The molecule has 2 N–H and O–H groups in total. The Bertz CT molecular complexity index is 1450. The zero-order chi connectivity index (χ0) is 25.6. The molecule has 0 fully saturated rings. The molecule has 1 aliphatic rings. The molecule has 4 aromatic rings. The number of fused-ring (bicyclic) bond motifs is 1. The third kappa shape index (κ3) is 4.57. The quantitative estimate of drug-likeness (QED) is 0.370. The number of rotatable bonds is 6. The molecule has 0 aliphatic carbocycles. The fourth-order valence-corrected chi connectivity index (χ4v) is 4.73. The Labute approximate surface area is 217 Å². The van der Waals surface area contributed by atoms with Crippen molar-refractivity contribution in [2.45, 2.75) is 31.9 Å². The van der Waals surface area contributed by atoms with Crippen LogP contribution in [0.5, 0.6) is 0 Å². The molecule has 0 bridgehead atoms. The number of aromatic nitrogens is 4. The minimum atomic E-state index is -1.03. The van der Waals surface area contributed by atoms with Gasteiger partial charge in [0.1, 0.15) is 23.5 Å². The molecule has 9 nitrogen and oxygen atoms in total. The molecule has 1 atom stereocenters. The smallest absolute Gasteiger partial charge is 0.259 e. The molecule has 0 radical (unpaired) electrons. The Hall–Kier alpha value is -3.40. The van der Waals surface area contributed by atoms with E-state index in [4.69, 9.17) is 27.6 Å². The highest BCUT2D eigenvalue weighted by Gasteiger charge is 2.43. The molecule has 1 aromatic carbocycles. The second-order valence-corrected chi connectivity index (χ2v) is 10.2. The van der Waals surface area contributed by atoms with E-state index in [-0.39, 0.29) is 23.9 Å². The van der Waals surface area contributed by atoms with Crippen molar-refractivity contribution < 1.29 is 14.3 Å². The Balaban J connectivity index is 1.45. The molecular weight excluding hydrogens is 503 g/mol. The van der Waals surface area contributed by atoms with Crippen LogP contribution in [0.3, 0.4) is 0 Å². The van der Waals surface area contributed by atoms with Crippen molar-refractivity contribution in [3.05, 3.63) is 75.7 Å². The Morgan fingerprint density at radius 1 is 1.25 bits per heavy atom. The molecular formula is C25H24Cl2N6O3. The highest BCUT2D eigenvalue weighted by atomic mass is 35.5. The van der Waals surface area contributed by atoms with Gasteiger partial charge in [-0.05, 0) is 23.8 Å². The van der Waals surface area contributed by atoms with Gasteiger partial charge in [-0.3, -0.25) is 9.48 Å². The van der Waals surface area contributed by atoms with Crippen LogP contribution in [-0.2, 0) is 18.9 Å². The number of anilines is 2. The Kier molecular flexibility index (Phi) is 6.23. The summed E-state index contributed by atoms with van der Waals surface area (Å²) in [6, 6.07) is 10.6. The summed E-state index contributed by atoms with van der Waals surface area (Å²) >= 11 is 12.5. The molecule has 0 saturated carbocycles. The van der Waals surface area contributed by atoms with Crippen LogP contribution in [0.1, 0.15) is 35.5 Å². The van der Waals surface area contributed by atoms with Crippen LogP contribution < -0.4 is 5.32 Å². The average Bonchev–Trinajstić information content (AvgIpc) is 3.45. The van der Waals surface area contributed by atoms with Gasteiger partial charge in [-0.1, -0.05) is 49.2 Å². The maximum Gasteiger partial charge on any atom is 0.259 e. The first-order valence-corrected chi connectivity index (χ1v) is 12.0. The molecule has 0 spiro atoms. The van der Waals surface area contributed by atoms with Crippen LogP contribution in [-0.4, -0.2) is 48.4 Å². The Morgan fingerprint density at radius 2 is 2.06 bits per heavy atom. The first kappa shape index (κ1) is 24.3. The van der Waals surface area contributed by atoms with Crippen LogP contribution in [0.15, 0.2) is 53.2 Å². The molecule has 0 unspecified atom stereocenters. The monoisotopic (exact) mass is 526 g/mol. The first-order valence-electron chi connectivity index (χ1n) is 11.3. The lowest BCUT2D eigenvalue weighted by atomic mass is 9.83. The molecule has 0 saturated heterocycles. The zero-order valence-electron chi connectivity index (χ0n) is 19.9. The SMILES string of the molecule is Cn1nccc1Nc1ncc(Cl)c(-c2cc3c(o2)C(C)(C)CN([C@@H](O)Cc2cccc(Cl)c2)C3=O)n1. The van der Waals surface area contributed by atoms with E-state index in [0.717, 1.165) is 5.56 Å². The average molecular weight is 527 g/mol. The van der Waals surface area contributed by atoms with Crippen molar-refractivity contribution >= 4 is 40.9 Å². The summed E-state index contributed by atoms with van der Waals surface area (Å²) in [5.41, 5.74) is 0.981. The fourth-order valence-electron chi connectivity index (χ4n) is 4.33. The first-order chi connectivity index (χ1) is 17.1. The number of hydrogen-bond donors (Lipinski definition) is 2. The number of furan rings is 1. The molecule has 186 valence electrons. The van der Waals surface area contributed by atoms with E-state index in [1.54, 1.807) is 42.2 Å². The number of nitrogens with zero attached hydrogens (tertiary/aromatic N) is 5. The topological polar surface area (TPSA) is 109 Å². The minimum absolute atomic E-state index is 0.253. The lowest BCUT2D eigenvalue weighted by Gasteiger charge is -2.39. The predicted molar refractivity (Wildman–Crippen MR) is 136 cm³/mol. The van der Waals surface area contributed by atoms with Crippen molar-refractivity contribution in [2.75, 3.05) is 11.9 Å². The van der Waals surface area contributed by atoms with Crippen molar-refractivity contribution in [3.8, 4) is 11.5 Å². The van der Waals surface area contributed by atoms with Crippen LogP contribution in [0.2, 0.25) is 10.0 Å². The third-order valence-corrected chi connectivity index (χ3v) is 6.62. The van der Waals surface area contributed by atoms with Crippen LogP contribution in [0, 0.1) is 0 Å². The van der Waals surface area contributed by atoms with Crippen LogP contribution >= 0.6 is 23.2 Å².